The van der Waals surface area contributed by atoms with Crippen molar-refractivity contribution in [1.29, 1.82) is 0 Å². The molecule has 0 saturated carbocycles. The van der Waals surface area contributed by atoms with Gasteiger partial charge in [-0.2, -0.15) is 5.10 Å². The summed E-state index contributed by atoms with van der Waals surface area (Å²) >= 11 is 19.9. The number of ether oxygens (including phenoxy) is 1. The number of benzene rings is 3. The number of halogens is 5. The number of nitrogens with one attached hydrogen (secondary N) is 1. The largest absolute Gasteiger partial charge is 0.487 e. The molecule has 0 aromatic heterocycles. The first-order valence-corrected chi connectivity index (χ1v) is 12.2. The van der Waals surface area contributed by atoms with E-state index in [-0.39, 0.29) is 5.91 Å². The lowest BCUT2D eigenvalue weighted by Gasteiger charge is -2.12. The summed E-state index contributed by atoms with van der Waals surface area (Å²) in [6, 6.07) is 16.3. The summed E-state index contributed by atoms with van der Waals surface area (Å²) < 4.78 is 8.53. The first-order chi connectivity index (χ1) is 14.3. The highest BCUT2D eigenvalue weighted by molar-refractivity contribution is 14.1. The maximum atomic E-state index is 12.2. The zero-order chi connectivity index (χ0) is 21.7. The molecule has 9 heteroatoms. The molecule has 30 heavy (non-hydrogen) atoms. The number of carbonyl (C=O) groups excluding carboxylic acids is 1. The summed E-state index contributed by atoms with van der Waals surface area (Å²) in [4.78, 5) is 12.2. The Morgan fingerprint density at radius 3 is 2.47 bits per heavy atom. The maximum Gasteiger partial charge on any atom is 0.272 e. The first-order valence-electron chi connectivity index (χ1n) is 8.49. The standard InChI is InChI=1S/C21H13BrCl2I2N2O2/c22-16-4-2-1-3-15(16)21(29)28-27-10-12-7-18(25)20(19(26)8-12)30-11-13-5-6-14(23)9-17(13)24/h1-10H,11H2,(H,28,29)/b27-10-. The Balaban J connectivity index is 1.67. The number of nitrogens with zero attached hydrogens (tertiary/aromatic N) is 1. The number of amides is 1. The van der Waals surface area contributed by atoms with Gasteiger partial charge >= 0.3 is 0 Å². The minimum absolute atomic E-state index is 0.289. The van der Waals surface area contributed by atoms with Crippen molar-refractivity contribution in [2.75, 3.05) is 0 Å². The molecule has 3 aromatic carbocycles. The molecule has 0 spiro atoms. The average molecular weight is 730 g/mol. The Bertz CT molecular complexity index is 1100. The quantitative estimate of drug-likeness (QED) is 0.165. The molecule has 0 saturated heterocycles. The van der Waals surface area contributed by atoms with Crippen LogP contribution in [0, 0.1) is 7.14 Å². The van der Waals surface area contributed by atoms with E-state index in [0.29, 0.717) is 26.7 Å². The molecule has 0 atom stereocenters. The Labute approximate surface area is 219 Å². The Morgan fingerprint density at radius 2 is 1.80 bits per heavy atom. The second-order valence-electron chi connectivity index (χ2n) is 6.02. The lowest BCUT2D eigenvalue weighted by atomic mass is 10.2. The van der Waals surface area contributed by atoms with E-state index in [1.54, 1.807) is 36.5 Å². The van der Waals surface area contributed by atoms with Crippen LogP contribution >= 0.6 is 84.3 Å². The number of hydrogen-bond acceptors (Lipinski definition) is 3. The van der Waals surface area contributed by atoms with Crippen molar-refractivity contribution in [2.24, 2.45) is 5.10 Å². The molecule has 0 aliphatic rings. The summed E-state index contributed by atoms with van der Waals surface area (Å²) in [5.41, 5.74) is 4.75. The summed E-state index contributed by atoms with van der Waals surface area (Å²) in [7, 11) is 0. The monoisotopic (exact) mass is 728 g/mol. The van der Waals surface area contributed by atoms with Gasteiger partial charge in [0.2, 0.25) is 0 Å². The molecular formula is C21H13BrCl2I2N2O2. The van der Waals surface area contributed by atoms with Crippen molar-refractivity contribution in [3.63, 3.8) is 0 Å². The van der Waals surface area contributed by atoms with Crippen LogP contribution in [0.3, 0.4) is 0 Å². The van der Waals surface area contributed by atoms with Gasteiger partial charge in [-0.3, -0.25) is 4.79 Å². The van der Waals surface area contributed by atoms with Crippen LogP contribution in [0.15, 0.2) is 64.2 Å². The van der Waals surface area contributed by atoms with Crippen molar-refractivity contribution in [3.8, 4) is 5.75 Å². The second-order valence-corrected chi connectivity index (χ2v) is 10.0. The van der Waals surface area contributed by atoms with Crippen LogP contribution in [0.4, 0.5) is 0 Å². The van der Waals surface area contributed by atoms with Gasteiger partial charge in [0.15, 0.2) is 0 Å². The molecule has 0 unspecified atom stereocenters. The summed E-state index contributed by atoms with van der Waals surface area (Å²) in [6.45, 7) is 0.331. The van der Waals surface area contributed by atoms with Crippen molar-refractivity contribution in [3.05, 3.63) is 92.9 Å². The zero-order valence-electron chi connectivity index (χ0n) is 15.1. The van der Waals surface area contributed by atoms with E-state index in [2.05, 4.69) is 71.6 Å². The van der Waals surface area contributed by atoms with Gasteiger partial charge in [-0.1, -0.05) is 41.4 Å². The molecule has 1 N–H and O–H groups in total. The van der Waals surface area contributed by atoms with E-state index in [0.717, 1.165) is 24.0 Å². The molecule has 4 nitrogen and oxygen atoms in total. The Hall–Kier alpha value is -0.880. The molecule has 0 bridgehead atoms. The average Bonchev–Trinajstić information content (AvgIpc) is 2.69. The highest BCUT2D eigenvalue weighted by Crippen LogP contribution is 2.30. The van der Waals surface area contributed by atoms with Crippen molar-refractivity contribution in [2.45, 2.75) is 6.61 Å². The molecule has 154 valence electrons. The molecule has 1 amide bonds. The fourth-order valence-corrected chi connectivity index (χ4v) is 5.51. The van der Waals surface area contributed by atoms with E-state index in [1.807, 2.05) is 24.3 Å². The minimum atomic E-state index is -0.289. The molecule has 0 aliphatic carbocycles. The van der Waals surface area contributed by atoms with Gasteiger partial charge in [0.1, 0.15) is 12.4 Å². The van der Waals surface area contributed by atoms with Crippen LogP contribution in [-0.2, 0) is 6.61 Å². The van der Waals surface area contributed by atoms with Crippen LogP contribution < -0.4 is 10.2 Å². The lowest BCUT2D eigenvalue weighted by molar-refractivity contribution is 0.0954. The number of hydrazone groups is 1. The third-order valence-corrected chi connectivity index (χ3v) is 6.79. The highest BCUT2D eigenvalue weighted by Gasteiger charge is 2.11. The molecule has 0 radical (unpaired) electrons. The summed E-state index contributed by atoms with van der Waals surface area (Å²) in [6.07, 6.45) is 1.60. The van der Waals surface area contributed by atoms with Crippen LogP contribution in [0.1, 0.15) is 21.5 Å². The van der Waals surface area contributed by atoms with Gasteiger partial charge in [0, 0.05) is 20.1 Å². The topological polar surface area (TPSA) is 50.7 Å². The maximum absolute atomic E-state index is 12.2. The molecule has 0 fully saturated rings. The van der Waals surface area contributed by atoms with E-state index in [9.17, 15) is 4.79 Å². The van der Waals surface area contributed by atoms with Crippen LogP contribution in [-0.4, -0.2) is 12.1 Å². The van der Waals surface area contributed by atoms with Crippen molar-refractivity contribution in [1.82, 2.24) is 5.43 Å². The number of hydrogen-bond donors (Lipinski definition) is 1. The number of rotatable bonds is 6. The highest BCUT2D eigenvalue weighted by atomic mass is 127. The zero-order valence-corrected chi connectivity index (χ0v) is 22.5. The van der Waals surface area contributed by atoms with Crippen LogP contribution in [0.5, 0.6) is 5.75 Å². The lowest BCUT2D eigenvalue weighted by Crippen LogP contribution is -2.18. The predicted molar refractivity (Wildman–Crippen MR) is 142 cm³/mol. The minimum Gasteiger partial charge on any atom is -0.487 e. The van der Waals surface area contributed by atoms with Gasteiger partial charge < -0.3 is 4.74 Å². The molecule has 0 aliphatic heterocycles. The molecule has 3 rings (SSSR count). The van der Waals surface area contributed by atoms with Gasteiger partial charge in [-0.05, 0) is 103 Å². The van der Waals surface area contributed by atoms with Crippen molar-refractivity contribution < 1.29 is 9.53 Å². The normalized spacial score (nSPS) is 11.0. The van der Waals surface area contributed by atoms with Crippen LogP contribution in [0.25, 0.3) is 0 Å². The summed E-state index contributed by atoms with van der Waals surface area (Å²) in [5, 5.41) is 5.21. The van der Waals surface area contributed by atoms with E-state index in [1.165, 1.54) is 0 Å². The van der Waals surface area contributed by atoms with E-state index >= 15 is 0 Å². The number of carbonyl (C=O) groups is 1. The Morgan fingerprint density at radius 1 is 1.10 bits per heavy atom. The van der Waals surface area contributed by atoms with Gasteiger partial charge in [0.05, 0.1) is 18.9 Å². The van der Waals surface area contributed by atoms with E-state index < -0.39 is 0 Å². The van der Waals surface area contributed by atoms with Gasteiger partial charge in [-0.15, -0.1) is 0 Å². The van der Waals surface area contributed by atoms with Crippen molar-refractivity contribution >= 4 is 96.4 Å². The van der Waals surface area contributed by atoms with Crippen LogP contribution in [0.2, 0.25) is 10.0 Å². The summed E-state index contributed by atoms with van der Waals surface area (Å²) in [5.74, 6) is 0.472. The first kappa shape index (κ1) is 23.8. The SMILES string of the molecule is O=C(N/N=C\c1cc(I)c(OCc2ccc(Cl)cc2Cl)c(I)c1)c1ccccc1Br. The van der Waals surface area contributed by atoms with Gasteiger partial charge in [-0.25, -0.2) is 5.43 Å². The second kappa shape index (κ2) is 11.1. The van der Waals surface area contributed by atoms with Gasteiger partial charge in [0.25, 0.3) is 5.91 Å². The molecule has 0 heterocycles. The fraction of sp³-hybridized carbons (Fsp3) is 0.0476. The third-order valence-electron chi connectivity index (χ3n) is 3.91. The smallest absolute Gasteiger partial charge is 0.272 e. The third kappa shape index (κ3) is 6.32. The molecular weight excluding hydrogens is 717 g/mol. The molecule has 3 aromatic rings. The predicted octanol–water partition coefficient (Wildman–Crippen LogP) is 7.31. The van der Waals surface area contributed by atoms with E-state index in [4.69, 9.17) is 27.9 Å². The fourth-order valence-electron chi connectivity index (χ4n) is 2.45. The Kier molecular flexibility index (Phi) is 8.82.